The summed E-state index contributed by atoms with van der Waals surface area (Å²) in [6.07, 6.45) is -37.8. The van der Waals surface area contributed by atoms with Gasteiger partial charge in [-0.2, -0.15) is 0 Å². The number of allylic oxidation sites excluding steroid dienone is 1. The number of aliphatic hydroxyl groups is 15. The lowest BCUT2D eigenvalue weighted by molar-refractivity contribution is -0.410. The Balaban J connectivity index is 0.805. The zero-order valence-electron chi connectivity index (χ0n) is 47.5. The normalized spacial score (nSPS) is 55.9. The lowest BCUT2D eigenvalue weighted by Gasteiger charge is -2.58. The molecule has 0 radical (unpaired) electrons. The lowest BCUT2D eigenvalue weighted by atomic mass is 9.46. The Hall–Kier alpha value is -1.67. The largest absolute Gasteiger partial charge is 0.394 e. The van der Waals surface area contributed by atoms with E-state index in [0.717, 1.165) is 31.3 Å². The van der Waals surface area contributed by atoms with Crippen LogP contribution in [0.3, 0.4) is 0 Å². The molecular weight excluding hydrogens is 1120 g/mol. The Morgan fingerprint density at radius 1 is 0.548 bits per heavy atom. The van der Waals surface area contributed by atoms with Crippen LogP contribution in [0.4, 0.5) is 0 Å². The van der Waals surface area contributed by atoms with Gasteiger partial charge in [0.25, 0.3) is 0 Å². The predicted octanol–water partition coefficient (Wildman–Crippen LogP) is -5.35. The van der Waals surface area contributed by atoms with Gasteiger partial charge in [-0.1, -0.05) is 39.3 Å². The first-order valence-corrected chi connectivity index (χ1v) is 29.9. The average molecular weight is 1210 g/mol. The fourth-order valence-corrected chi connectivity index (χ4v) is 16.4. The van der Waals surface area contributed by atoms with Crippen LogP contribution in [0.2, 0.25) is 0 Å². The second-order valence-electron chi connectivity index (χ2n) is 26.1. The molecule has 11 rings (SSSR count). The van der Waals surface area contributed by atoms with E-state index in [9.17, 15) is 81.4 Å². The number of ether oxygens (including phenoxy) is 12. The molecule has 3 saturated carbocycles. The van der Waals surface area contributed by atoms with Gasteiger partial charge >= 0.3 is 0 Å². The first-order valence-electron chi connectivity index (χ1n) is 29.9. The minimum absolute atomic E-state index is 0.0601. The first kappa shape index (κ1) is 63.9. The third-order valence-corrected chi connectivity index (χ3v) is 21.4. The highest BCUT2D eigenvalue weighted by Gasteiger charge is 2.72. The molecule has 7 heterocycles. The summed E-state index contributed by atoms with van der Waals surface area (Å²) >= 11 is 0. The molecule has 0 aromatic rings. The van der Waals surface area contributed by atoms with Crippen molar-refractivity contribution in [2.75, 3.05) is 39.6 Å². The molecule has 35 atom stereocenters. The van der Waals surface area contributed by atoms with E-state index < -0.39 is 198 Å². The Morgan fingerprint density at radius 2 is 1.12 bits per heavy atom. The van der Waals surface area contributed by atoms with Gasteiger partial charge in [-0.3, -0.25) is 4.79 Å². The minimum Gasteiger partial charge on any atom is -0.394 e. The summed E-state index contributed by atoms with van der Waals surface area (Å²) in [5, 5.41) is 164. The van der Waals surface area contributed by atoms with E-state index in [4.69, 9.17) is 56.8 Å². The third-order valence-electron chi connectivity index (χ3n) is 21.4. The van der Waals surface area contributed by atoms with Gasteiger partial charge in [0.15, 0.2) is 37.2 Å². The molecule has 10 fully saturated rings. The van der Waals surface area contributed by atoms with Crippen LogP contribution in [0, 0.1) is 46.3 Å². The maximum atomic E-state index is 14.8. The highest BCUT2D eigenvalue weighted by molar-refractivity contribution is 5.87. The summed E-state index contributed by atoms with van der Waals surface area (Å²) in [5.41, 5.74) is 0.251. The number of Topliss-reactive ketones (excluding diaryl/α,β-unsaturated/α-hetero) is 1. The third kappa shape index (κ3) is 10.9. The second-order valence-corrected chi connectivity index (χ2v) is 26.1. The number of carbonyl (C=O) groups excluding carboxylic acids is 1. The second kappa shape index (κ2) is 24.8. The van der Waals surface area contributed by atoms with Crippen molar-refractivity contribution in [2.45, 2.75) is 244 Å². The van der Waals surface area contributed by atoms with Crippen molar-refractivity contribution in [3.63, 3.8) is 0 Å². The molecule has 480 valence electrons. The van der Waals surface area contributed by atoms with E-state index in [2.05, 4.69) is 33.8 Å². The van der Waals surface area contributed by atoms with Crippen LogP contribution in [-0.4, -0.2) is 287 Å². The summed E-state index contributed by atoms with van der Waals surface area (Å²) in [4.78, 5) is 14.8. The van der Waals surface area contributed by atoms with E-state index in [1.54, 1.807) is 0 Å². The zero-order valence-corrected chi connectivity index (χ0v) is 47.5. The van der Waals surface area contributed by atoms with Gasteiger partial charge in [0.05, 0.1) is 51.8 Å². The predicted molar refractivity (Wildman–Crippen MR) is 275 cm³/mol. The van der Waals surface area contributed by atoms with Crippen LogP contribution < -0.4 is 0 Å². The van der Waals surface area contributed by atoms with Gasteiger partial charge in [-0.05, 0) is 67.6 Å². The van der Waals surface area contributed by atoms with E-state index in [-0.39, 0.29) is 46.9 Å². The lowest BCUT2D eigenvalue weighted by Crippen LogP contribution is -2.69. The Labute approximate surface area is 484 Å². The maximum Gasteiger partial charge on any atom is 0.187 e. The first-order chi connectivity index (χ1) is 39.9. The average Bonchev–Trinajstić information content (AvgIpc) is 1.53. The SMILES string of the molecule is C[C@@H]1CC[C@@]2(OC1)O[C@H]1C[C@H]3[C@@H]4CC=C5C[C@@H](O[C@@H]6O[C@H](CO)[C@H](O[C@@H]7O[C@H](CO)[C@@H](O)[C@H](O[C@@H]8O[C@H](CO)[C@@H](O)[C@H](O)[C@H]8O)[C@H]7O[C@@H]7O[C@H](CO)[C@@H](O)[C@H](O[C@@H]8OC[C@@H](O)[C@H](O)[C@H]8O)[C@H]7O)[C@H](O)[C@H]6O)CC[C@]5(C)[C@H]4CC(=O)[C@]3(C)[C@H]1[C@@H]2C. The highest BCUT2D eigenvalue weighted by Crippen LogP contribution is 2.70. The van der Waals surface area contributed by atoms with Crippen molar-refractivity contribution >= 4 is 5.78 Å². The van der Waals surface area contributed by atoms with Crippen molar-refractivity contribution < 1.29 is 138 Å². The molecule has 84 heavy (non-hydrogen) atoms. The number of carbonyl (C=O) groups is 1. The summed E-state index contributed by atoms with van der Waals surface area (Å²) in [6.45, 7) is 5.14. The Morgan fingerprint density at radius 3 is 1.79 bits per heavy atom. The Bertz CT molecular complexity index is 2290. The van der Waals surface area contributed by atoms with E-state index >= 15 is 0 Å². The standard InChI is InChI=1S/C56H88O28/c1-20-7-10-56(74-18-20)21(2)34-28(84-56)12-26-24-6-5-22-11-23(8-9-54(22,3)25(24)13-33(62)55(26,34)4)75-50-43(71)40(68)45(32(17-60)79-50)80-53-48(47(38(66)31(16-59)78-53)82-51-42(70)39(67)36(64)29(14-57)76-51)83-52-44(72)46(37(65)30(15-58)77-52)81-49-41(69)35(63)27(61)19-73-49/h5,20-21,23-32,34-53,57-61,63-72H,6-19H2,1-4H3/t20-,21+,23+,24-,25+,26+,27-,28+,29-,30-,31-,32-,34+,35+,36-,37-,38-,39+,40-,41-,42-,43-,44-,45+,46+,47+,48-,49+,50-,51+,52+,53+,54+,55-,56-/m1/s1. The number of hydrogen-bond donors (Lipinski definition) is 15. The van der Waals surface area contributed by atoms with Gasteiger partial charge in [-0.15, -0.1) is 0 Å². The van der Waals surface area contributed by atoms with E-state index in [1.807, 2.05) is 0 Å². The Kier molecular flexibility index (Phi) is 18.9. The zero-order chi connectivity index (χ0) is 60.2. The van der Waals surface area contributed by atoms with Gasteiger partial charge in [0.1, 0.15) is 122 Å². The molecule has 0 unspecified atom stereocenters. The summed E-state index contributed by atoms with van der Waals surface area (Å²) < 4.78 is 73.0. The molecule has 0 aromatic carbocycles. The smallest absolute Gasteiger partial charge is 0.187 e. The maximum absolute atomic E-state index is 14.8. The van der Waals surface area contributed by atoms with Crippen molar-refractivity contribution in [2.24, 2.45) is 46.3 Å². The fourth-order valence-electron chi connectivity index (χ4n) is 16.4. The minimum atomic E-state index is -2.16. The molecule has 1 spiro atoms. The van der Waals surface area contributed by atoms with Crippen LogP contribution >= 0.6 is 0 Å². The summed E-state index contributed by atoms with van der Waals surface area (Å²) in [5.74, 6) is 0.705. The molecule has 28 heteroatoms. The van der Waals surface area contributed by atoms with E-state index in [0.29, 0.717) is 38.2 Å². The van der Waals surface area contributed by atoms with Gasteiger partial charge < -0.3 is 133 Å². The van der Waals surface area contributed by atoms with Crippen LogP contribution in [-0.2, 0) is 61.6 Å². The van der Waals surface area contributed by atoms with Gasteiger partial charge in [0, 0.05) is 30.1 Å². The summed E-state index contributed by atoms with van der Waals surface area (Å²) in [6, 6.07) is 0. The molecule has 28 nitrogen and oxygen atoms in total. The fraction of sp³-hybridized carbons (Fsp3) is 0.946. The monoisotopic (exact) mass is 1210 g/mol. The van der Waals surface area contributed by atoms with Crippen molar-refractivity contribution in [3.05, 3.63) is 11.6 Å². The molecule has 4 aliphatic carbocycles. The highest BCUT2D eigenvalue weighted by atomic mass is 16.8. The van der Waals surface area contributed by atoms with Gasteiger partial charge in [0.2, 0.25) is 0 Å². The van der Waals surface area contributed by atoms with Crippen LogP contribution in [0.5, 0.6) is 0 Å². The molecular formula is C56H88O28. The molecule has 0 bridgehead atoms. The van der Waals surface area contributed by atoms with Crippen molar-refractivity contribution in [3.8, 4) is 0 Å². The molecule has 0 aromatic heterocycles. The number of fused-ring (bicyclic) bond motifs is 7. The van der Waals surface area contributed by atoms with Crippen LogP contribution in [0.15, 0.2) is 11.6 Å². The molecule has 15 N–H and O–H groups in total. The number of hydrogen-bond acceptors (Lipinski definition) is 28. The van der Waals surface area contributed by atoms with Crippen molar-refractivity contribution in [1.82, 2.24) is 0 Å². The number of aliphatic hydroxyl groups excluding tert-OH is 15. The molecule has 11 aliphatic rings. The van der Waals surface area contributed by atoms with Crippen LogP contribution in [0.25, 0.3) is 0 Å². The van der Waals surface area contributed by atoms with E-state index in [1.165, 1.54) is 0 Å². The molecule has 7 aliphatic heterocycles. The topological polar surface area (TPSA) is 431 Å². The molecule has 7 saturated heterocycles. The van der Waals surface area contributed by atoms with Crippen molar-refractivity contribution in [1.29, 1.82) is 0 Å². The summed E-state index contributed by atoms with van der Waals surface area (Å²) in [7, 11) is 0. The van der Waals surface area contributed by atoms with Crippen LogP contribution in [0.1, 0.15) is 79.1 Å². The number of rotatable bonds is 14. The number of ketones is 1. The van der Waals surface area contributed by atoms with Gasteiger partial charge in [-0.25, -0.2) is 0 Å². The molecule has 0 amide bonds. The quantitative estimate of drug-likeness (QED) is 0.0722.